The molecule has 274 valence electrons. The molecule has 0 aromatic rings. The van der Waals surface area contributed by atoms with E-state index >= 15 is 0 Å². The summed E-state index contributed by atoms with van der Waals surface area (Å²) in [7, 11) is 0. The summed E-state index contributed by atoms with van der Waals surface area (Å²) in [6, 6.07) is 0. The van der Waals surface area contributed by atoms with Gasteiger partial charge in [-0.3, -0.25) is 0 Å². The molecule has 8 heteroatoms. The number of allylic oxidation sites excluding steroid dienone is 8. The average molecular weight is 709 g/mol. The summed E-state index contributed by atoms with van der Waals surface area (Å²) in [6.07, 6.45) is 36.3. The molecule has 0 aliphatic rings. The van der Waals surface area contributed by atoms with Gasteiger partial charge in [-0.15, -0.1) is 0 Å². The Balaban J connectivity index is 5.31. The summed E-state index contributed by atoms with van der Waals surface area (Å²) in [6.45, 7) is 18.3. The van der Waals surface area contributed by atoms with Crippen molar-refractivity contribution in [2.75, 3.05) is 66.1 Å². The first kappa shape index (κ1) is 46.2. The van der Waals surface area contributed by atoms with Crippen LogP contribution in [0.4, 0.5) is 0 Å². The second-order valence-electron chi connectivity index (χ2n) is 11.6. The summed E-state index contributed by atoms with van der Waals surface area (Å²) >= 11 is -5.30. The minimum atomic E-state index is -5.30. The van der Waals surface area contributed by atoms with Crippen molar-refractivity contribution in [2.45, 2.75) is 86.5 Å². The van der Waals surface area contributed by atoms with Crippen LogP contribution in [0.25, 0.3) is 0 Å². The van der Waals surface area contributed by atoms with Crippen LogP contribution in [-0.2, 0) is 45.0 Å². The normalized spacial score (nSPS) is 12.6. The fourth-order valence-corrected chi connectivity index (χ4v) is 9.31. The monoisotopic (exact) mass is 708 g/mol. The molecule has 0 aromatic carbocycles. The third-order valence-electron chi connectivity index (χ3n) is 7.40. The molecule has 0 aromatic heterocycles. The van der Waals surface area contributed by atoms with Gasteiger partial charge in [0.2, 0.25) is 0 Å². The van der Waals surface area contributed by atoms with Crippen molar-refractivity contribution >= 4 is 0 Å². The van der Waals surface area contributed by atoms with Crippen LogP contribution in [0.2, 0.25) is 9.45 Å². The molecule has 0 radical (unpaired) electrons. The third kappa shape index (κ3) is 30.3. The van der Waals surface area contributed by atoms with Crippen LogP contribution >= 0.6 is 0 Å². The number of unbranched alkanes of at least 4 members (excludes halogenated alkanes) is 8. The van der Waals surface area contributed by atoms with Gasteiger partial charge in [0, 0.05) is 0 Å². The van der Waals surface area contributed by atoms with Gasteiger partial charge in [-0.05, 0) is 0 Å². The van der Waals surface area contributed by atoms with Crippen molar-refractivity contribution in [3.05, 3.63) is 99.2 Å². The molecule has 0 bridgehead atoms. The first-order valence-electron chi connectivity index (χ1n) is 18.1. The Morgan fingerprint density at radius 3 is 0.958 bits per heavy atom. The molecule has 0 heterocycles. The van der Waals surface area contributed by atoms with E-state index in [-0.39, 0.29) is 35.9 Å². The van der Waals surface area contributed by atoms with E-state index in [2.05, 4.69) is 50.6 Å². The van der Waals surface area contributed by atoms with Crippen molar-refractivity contribution in [1.29, 1.82) is 0 Å². The molecule has 0 spiro atoms. The van der Waals surface area contributed by atoms with Gasteiger partial charge in [0.15, 0.2) is 0 Å². The second-order valence-corrected chi connectivity index (χ2v) is 18.4. The molecule has 0 unspecified atom stereocenters. The molecule has 7 nitrogen and oxygen atoms in total. The van der Waals surface area contributed by atoms with Crippen LogP contribution < -0.4 is 0 Å². The summed E-state index contributed by atoms with van der Waals surface area (Å²) in [5.74, 6) is 0. The van der Waals surface area contributed by atoms with E-state index in [9.17, 15) is 3.32 Å². The quantitative estimate of drug-likeness (QED) is 0.0359. The van der Waals surface area contributed by atoms with Crippen LogP contribution in [0.3, 0.4) is 0 Å². The summed E-state index contributed by atoms with van der Waals surface area (Å²) in [5.41, 5.74) is 0. The summed E-state index contributed by atoms with van der Waals surface area (Å²) in [5, 5.41) is 0. The zero-order chi connectivity index (χ0) is 35.1. The molecular formula is C40H68O7Ti. The SMILES string of the molecule is C=CCCCC=CCOCC[O][Ti](=[O])([CH2]COCC=CCCCC=C)([CH2]COCC=CCCCC=C)[O]CCOCC=CCCCC=C. The molecule has 0 amide bonds. The van der Waals surface area contributed by atoms with Gasteiger partial charge >= 0.3 is 297 Å². The predicted octanol–water partition coefficient (Wildman–Crippen LogP) is 10.4. The third-order valence-corrected chi connectivity index (χ3v) is 13.7. The van der Waals surface area contributed by atoms with E-state index in [0.717, 1.165) is 77.0 Å². The van der Waals surface area contributed by atoms with Crippen molar-refractivity contribution in [3.8, 4) is 0 Å². The molecular weight excluding hydrogens is 640 g/mol. The van der Waals surface area contributed by atoms with Crippen LogP contribution in [0.15, 0.2) is 99.2 Å². The van der Waals surface area contributed by atoms with Crippen molar-refractivity contribution in [1.82, 2.24) is 0 Å². The molecule has 0 atom stereocenters. The first-order valence-corrected chi connectivity index (χ1v) is 22.2. The zero-order valence-corrected chi connectivity index (χ0v) is 31.6. The summed E-state index contributed by atoms with van der Waals surface area (Å²) in [4.78, 5) is 0. The fourth-order valence-electron chi connectivity index (χ4n) is 4.52. The summed E-state index contributed by atoms with van der Waals surface area (Å²) < 4.78 is 51.1. The van der Waals surface area contributed by atoms with Crippen LogP contribution in [0, 0.1) is 0 Å². The van der Waals surface area contributed by atoms with Crippen molar-refractivity contribution < 1.29 is 45.0 Å². The van der Waals surface area contributed by atoms with Gasteiger partial charge in [-0.1, -0.05) is 0 Å². The predicted molar refractivity (Wildman–Crippen MR) is 198 cm³/mol. The number of rotatable bonds is 38. The van der Waals surface area contributed by atoms with Gasteiger partial charge < -0.3 is 0 Å². The van der Waals surface area contributed by atoms with E-state index in [4.69, 9.17) is 25.6 Å². The van der Waals surface area contributed by atoms with Crippen molar-refractivity contribution in [3.63, 3.8) is 0 Å². The number of hydrogen-bond acceptors (Lipinski definition) is 7. The van der Waals surface area contributed by atoms with Crippen LogP contribution in [-0.4, -0.2) is 66.1 Å². The Morgan fingerprint density at radius 2 is 0.667 bits per heavy atom. The van der Waals surface area contributed by atoms with Crippen LogP contribution in [0.5, 0.6) is 0 Å². The minimum absolute atomic E-state index is 0.158. The Kier molecular flexibility index (Phi) is 33.7. The van der Waals surface area contributed by atoms with Gasteiger partial charge in [0.05, 0.1) is 0 Å². The second kappa shape index (κ2) is 35.0. The zero-order valence-electron chi connectivity index (χ0n) is 30.1. The number of hydrogen-bond donors (Lipinski definition) is 0. The maximum atomic E-state index is 14.9. The Hall–Kier alpha value is -1.81. The molecule has 0 saturated heterocycles. The molecule has 0 aliphatic carbocycles. The standard InChI is InChI=1S/2C10H17O2.2C10H17O.O.Ti/c2*1-2-3-4-5-6-7-9-12-10-8-11;2*1-3-5-6-7-8-9-10-11-4-2;;/h2*2,6-7H,1,3-5,8-10H2;2*3,8-9H,1-2,4-7,10H2;;/q2*-1;;;;+2. The molecule has 48 heavy (non-hydrogen) atoms. The van der Waals surface area contributed by atoms with E-state index < -0.39 is 16.1 Å². The van der Waals surface area contributed by atoms with E-state index in [0.29, 0.717) is 39.6 Å². The van der Waals surface area contributed by atoms with E-state index in [1.165, 1.54) is 0 Å². The topological polar surface area (TPSA) is 72.5 Å². The number of ether oxygens (including phenoxy) is 4. The van der Waals surface area contributed by atoms with Gasteiger partial charge in [0.25, 0.3) is 0 Å². The average Bonchev–Trinajstić information content (AvgIpc) is 3.09. The maximum absolute atomic E-state index is 14.9. The Labute approximate surface area is 295 Å². The fraction of sp³-hybridized carbons (Fsp3) is 0.600. The molecule has 0 aliphatic heterocycles. The molecule has 0 fully saturated rings. The molecule has 0 N–H and O–H groups in total. The van der Waals surface area contributed by atoms with Gasteiger partial charge in [-0.25, -0.2) is 0 Å². The Morgan fingerprint density at radius 1 is 0.375 bits per heavy atom. The first-order chi connectivity index (χ1) is 23.5. The van der Waals surface area contributed by atoms with Crippen molar-refractivity contribution in [2.24, 2.45) is 0 Å². The Bertz CT molecular complexity index is 891. The van der Waals surface area contributed by atoms with Gasteiger partial charge in [-0.2, -0.15) is 0 Å². The molecule has 0 rings (SSSR count). The molecule has 0 saturated carbocycles. The van der Waals surface area contributed by atoms with E-state index in [1.807, 2.05) is 48.6 Å². The van der Waals surface area contributed by atoms with Crippen LogP contribution in [0.1, 0.15) is 77.0 Å². The van der Waals surface area contributed by atoms with E-state index in [1.54, 1.807) is 0 Å². The van der Waals surface area contributed by atoms with Gasteiger partial charge in [0.1, 0.15) is 0 Å².